The van der Waals surface area contributed by atoms with Crippen molar-refractivity contribution in [1.29, 1.82) is 0 Å². The number of aromatic nitrogens is 3. The Morgan fingerprint density at radius 3 is 2.73 bits per heavy atom. The second kappa shape index (κ2) is 7.89. The van der Waals surface area contributed by atoms with Crippen molar-refractivity contribution in [2.45, 2.75) is 32.5 Å². The third-order valence-corrected chi connectivity index (χ3v) is 5.52. The van der Waals surface area contributed by atoms with Gasteiger partial charge in [0, 0.05) is 35.7 Å². The number of anilines is 1. The summed E-state index contributed by atoms with van der Waals surface area (Å²) in [6, 6.07) is 20.6. The van der Waals surface area contributed by atoms with E-state index < -0.39 is 0 Å². The van der Waals surface area contributed by atoms with Gasteiger partial charge in [0.2, 0.25) is 5.95 Å². The number of fused-ring (bicyclic) bond motifs is 2. The molecule has 0 saturated heterocycles. The van der Waals surface area contributed by atoms with Crippen molar-refractivity contribution in [3.05, 3.63) is 83.2 Å². The van der Waals surface area contributed by atoms with Crippen molar-refractivity contribution in [3.8, 4) is 5.95 Å². The van der Waals surface area contributed by atoms with E-state index in [0.717, 1.165) is 40.1 Å². The van der Waals surface area contributed by atoms with Gasteiger partial charge in [0.25, 0.3) is 0 Å². The van der Waals surface area contributed by atoms with E-state index in [2.05, 4.69) is 40.2 Å². The van der Waals surface area contributed by atoms with E-state index in [9.17, 15) is 0 Å². The molecule has 0 fully saturated rings. The lowest BCUT2D eigenvalue weighted by molar-refractivity contribution is 0.109. The first-order valence-corrected chi connectivity index (χ1v) is 10.3. The molecule has 152 valence electrons. The van der Waals surface area contributed by atoms with Gasteiger partial charge in [-0.3, -0.25) is 4.57 Å². The van der Waals surface area contributed by atoms with Crippen molar-refractivity contribution in [3.63, 3.8) is 0 Å². The molecule has 6 nitrogen and oxygen atoms in total. The van der Waals surface area contributed by atoms with Crippen LogP contribution in [0.1, 0.15) is 35.5 Å². The molecular weight excluding hydrogens is 374 g/mol. The number of para-hydroxylation sites is 1. The van der Waals surface area contributed by atoms with Gasteiger partial charge < -0.3 is 15.8 Å². The van der Waals surface area contributed by atoms with Gasteiger partial charge in [-0.05, 0) is 24.6 Å². The molecule has 2 aromatic heterocycles. The molecule has 0 bridgehead atoms. The molecule has 3 heterocycles. The highest BCUT2D eigenvalue weighted by atomic mass is 16.5. The number of rotatable bonds is 5. The maximum atomic E-state index is 6.31. The summed E-state index contributed by atoms with van der Waals surface area (Å²) in [6.45, 7) is 3.88. The third-order valence-electron chi connectivity index (χ3n) is 5.52. The topological polar surface area (TPSA) is 78.0 Å². The molecule has 4 aromatic rings. The van der Waals surface area contributed by atoms with Crippen molar-refractivity contribution in [1.82, 2.24) is 14.5 Å². The van der Waals surface area contributed by atoms with E-state index in [1.54, 1.807) is 0 Å². The summed E-state index contributed by atoms with van der Waals surface area (Å²) in [5, 5.41) is 4.65. The Kier molecular flexibility index (Phi) is 4.94. The minimum atomic E-state index is -0.138. The van der Waals surface area contributed by atoms with E-state index >= 15 is 0 Å². The predicted molar refractivity (Wildman–Crippen MR) is 119 cm³/mol. The minimum absolute atomic E-state index is 0.138. The molecule has 1 atom stereocenters. The van der Waals surface area contributed by atoms with Crippen LogP contribution in [0, 0.1) is 0 Å². The van der Waals surface area contributed by atoms with Gasteiger partial charge in [-0.2, -0.15) is 4.98 Å². The maximum Gasteiger partial charge on any atom is 0.236 e. The van der Waals surface area contributed by atoms with Crippen LogP contribution in [0.3, 0.4) is 0 Å². The minimum Gasteiger partial charge on any atom is -0.376 e. The summed E-state index contributed by atoms with van der Waals surface area (Å²) in [4.78, 5) is 9.88. The number of hydrogen-bond acceptors (Lipinski definition) is 5. The van der Waals surface area contributed by atoms with Gasteiger partial charge in [0.15, 0.2) is 0 Å². The molecule has 6 heteroatoms. The SMILES string of the molecule is CC(N)c1cc2ccccc2n1-c1nc2c(c(NCc3ccccc3)n1)COCC2. The Hall–Kier alpha value is -3.22. The summed E-state index contributed by atoms with van der Waals surface area (Å²) in [5.41, 5.74) is 11.7. The average molecular weight is 399 g/mol. The lowest BCUT2D eigenvalue weighted by atomic mass is 10.1. The van der Waals surface area contributed by atoms with Gasteiger partial charge >= 0.3 is 0 Å². The van der Waals surface area contributed by atoms with Crippen molar-refractivity contribution in [2.75, 3.05) is 11.9 Å². The van der Waals surface area contributed by atoms with Crippen molar-refractivity contribution >= 4 is 16.7 Å². The van der Waals surface area contributed by atoms with Crippen LogP contribution < -0.4 is 11.1 Å². The van der Waals surface area contributed by atoms with Crippen molar-refractivity contribution < 1.29 is 4.74 Å². The second-order valence-corrected chi connectivity index (χ2v) is 7.69. The van der Waals surface area contributed by atoms with E-state index in [4.69, 9.17) is 20.4 Å². The molecular formula is C24H25N5O. The fourth-order valence-corrected chi connectivity index (χ4v) is 3.98. The zero-order valence-corrected chi connectivity index (χ0v) is 17.0. The summed E-state index contributed by atoms with van der Waals surface area (Å²) in [6.07, 6.45) is 0.775. The molecule has 1 aliphatic rings. The summed E-state index contributed by atoms with van der Waals surface area (Å²) < 4.78 is 7.79. The predicted octanol–water partition coefficient (Wildman–Crippen LogP) is 4.13. The molecule has 1 aliphatic heterocycles. The van der Waals surface area contributed by atoms with Crippen molar-refractivity contribution in [2.24, 2.45) is 5.73 Å². The Labute approximate surface area is 175 Å². The molecule has 0 amide bonds. The monoisotopic (exact) mass is 399 g/mol. The molecule has 0 saturated carbocycles. The van der Waals surface area contributed by atoms with Crippen LogP contribution in [0.15, 0.2) is 60.7 Å². The van der Waals surface area contributed by atoms with Gasteiger partial charge in [-0.25, -0.2) is 4.98 Å². The highest BCUT2D eigenvalue weighted by Crippen LogP contribution is 2.29. The highest BCUT2D eigenvalue weighted by Gasteiger charge is 2.22. The quantitative estimate of drug-likeness (QED) is 0.528. The van der Waals surface area contributed by atoms with Crippen LogP contribution in [0.2, 0.25) is 0 Å². The fourth-order valence-electron chi connectivity index (χ4n) is 3.98. The standard InChI is InChI=1S/C24H25N5O/c1-16(25)22-13-18-9-5-6-10-21(18)29(22)24-27-20-11-12-30-15-19(20)23(28-24)26-14-17-7-3-2-4-8-17/h2-10,13,16H,11-12,14-15,25H2,1H3,(H,26,27,28). The molecule has 5 rings (SSSR count). The first-order valence-electron chi connectivity index (χ1n) is 10.3. The lowest BCUT2D eigenvalue weighted by Gasteiger charge is -2.21. The van der Waals surface area contributed by atoms with E-state index in [1.807, 2.05) is 37.3 Å². The summed E-state index contributed by atoms with van der Waals surface area (Å²) in [5.74, 6) is 1.48. The van der Waals surface area contributed by atoms with Crippen LogP contribution in [-0.2, 0) is 24.3 Å². The summed E-state index contributed by atoms with van der Waals surface area (Å²) in [7, 11) is 0. The largest absolute Gasteiger partial charge is 0.376 e. The Bertz CT molecular complexity index is 1180. The van der Waals surface area contributed by atoms with E-state index in [0.29, 0.717) is 25.7 Å². The first kappa shape index (κ1) is 18.8. The number of nitrogens with zero attached hydrogens (tertiary/aromatic N) is 3. The molecule has 30 heavy (non-hydrogen) atoms. The molecule has 3 N–H and O–H groups in total. The lowest BCUT2D eigenvalue weighted by Crippen LogP contribution is -2.20. The number of benzene rings is 2. The van der Waals surface area contributed by atoms with Crippen LogP contribution >= 0.6 is 0 Å². The van der Waals surface area contributed by atoms with Gasteiger partial charge in [-0.15, -0.1) is 0 Å². The Balaban J connectivity index is 1.63. The zero-order chi connectivity index (χ0) is 20.5. The van der Waals surface area contributed by atoms with Gasteiger partial charge in [0.05, 0.1) is 24.4 Å². The number of hydrogen-bond donors (Lipinski definition) is 2. The van der Waals surface area contributed by atoms with E-state index in [-0.39, 0.29) is 6.04 Å². The fraction of sp³-hybridized carbons (Fsp3) is 0.250. The third kappa shape index (κ3) is 3.44. The van der Waals surface area contributed by atoms with Gasteiger partial charge in [-0.1, -0.05) is 48.5 Å². The molecule has 1 unspecified atom stereocenters. The number of nitrogens with one attached hydrogen (secondary N) is 1. The Morgan fingerprint density at radius 2 is 1.90 bits per heavy atom. The van der Waals surface area contributed by atoms with Gasteiger partial charge in [0.1, 0.15) is 5.82 Å². The molecule has 0 spiro atoms. The van der Waals surface area contributed by atoms with E-state index in [1.165, 1.54) is 5.56 Å². The normalized spacial score (nSPS) is 14.5. The second-order valence-electron chi connectivity index (χ2n) is 7.69. The molecule has 2 aromatic carbocycles. The maximum absolute atomic E-state index is 6.31. The zero-order valence-electron chi connectivity index (χ0n) is 17.0. The first-order chi connectivity index (χ1) is 14.7. The van der Waals surface area contributed by atoms with Crippen LogP contribution in [0.5, 0.6) is 0 Å². The van der Waals surface area contributed by atoms with Crippen LogP contribution in [0.4, 0.5) is 5.82 Å². The average Bonchev–Trinajstić information content (AvgIpc) is 3.18. The summed E-state index contributed by atoms with van der Waals surface area (Å²) >= 11 is 0. The van der Waals surface area contributed by atoms with Crippen LogP contribution in [0.25, 0.3) is 16.9 Å². The molecule has 0 radical (unpaired) electrons. The van der Waals surface area contributed by atoms with Crippen LogP contribution in [-0.4, -0.2) is 21.1 Å². The number of nitrogens with two attached hydrogens (primary N) is 1. The molecule has 0 aliphatic carbocycles. The Morgan fingerprint density at radius 1 is 1.10 bits per heavy atom. The number of ether oxygens (including phenoxy) is 1. The highest BCUT2D eigenvalue weighted by molar-refractivity contribution is 5.83. The smallest absolute Gasteiger partial charge is 0.236 e.